The molecular weight excluding hydrogens is 260 g/mol. The predicted molar refractivity (Wildman–Crippen MR) is 84.9 cm³/mol. The maximum atomic E-state index is 6.18. The summed E-state index contributed by atoms with van der Waals surface area (Å²) < 4.78 is 12.3. The summed E-state index contributed by atoms with van der Waals surface area (Å²) in [6, 6.07) is 16.7. The van der Waals surface area contributed by atoms with Crippen molar-refractivity contribution < 1.29 is 9.47 Å². The minimum Gasteiger partial charge on any atom is -0.449 e. The highest BCUT2D eigenvalue weighted by molar-refractivity contribution is 5.49. The average molecular weight is 282 g/mol. The van der Waals surface area contributed by atoms with Crippen LogP contribution in [0.3, 0.4) is 0 Å². The maximum absolute atomic E-state index is 6.18. The smallest absolute Gasteiger partial charge is 0.249 e. The first-order valence-electron chi connectivity index (χ1n) is 7.74. The average Bonchev–Trinajstić information content (AvgIpc) is 2.85. The van der Waals surface area contributed by atoms with Crippen LogP contribution >= 0.6 is 0 Å². The van der Waals surface area contributed by atoms with E-state index in [2.05, 4.69) is 43.3 Å². The molecule has 2 heteroatoms. The molecule has 0 saturated carbocycles. The van der Waals surface area contributed by atoms with Crippen molar-refractivity contribution in [3.8, 4) is 11.5 Å². The van der Waals surface area contributed by atoms with Crippen LogP contribution in [0.15, 0.2) is 48.5 Å². The van der Waals surface area contributed by atoms with Gasteiger partial charge in [0.15, 0.2) is 11.5 Å². The van der Waals surface area contributed by atoms with Gasteiger partial charge in [-0.3, -0.25) is 0 Å². The third kappa shape index (κ3) is 3.05. The van der Waals surface area contributed by atoms with Gasteiger partial charge in [-0.1, -0.05) is 55.8 Å². The SMILES string of the molecule is CCCc1cccc2c1OC(C)(CCc1ccccc1)O2. The first-order chi connectivity index (χ1) is 10.2. The topological polar surface area (TPSA) is 18.5 Å². The van der Waals surface area contributed by atoms with Crippen molar-refractivity contribution in [3.05, 3.63) is 59.7 Å². The van der Waals surface area contributed by atoms with Crippen LogP contribution in [-0.4, -0.2) is 5.79 Å². The van der Waals surface area contributed by atoms with Gasteiger partial charge in [-0.25, -0.2) is 0 Å². The van der Waals surface area contributed by atoms with Gasteiger partial charge in [0.05, 0.1) is 0 Å². The molecule has 1 atom stereocenters. The summed E-state index contributed by atoms with van der Waals surface area (Å²) >= 11 is 0. The van der Waals surface area contributed by atoms with Crippen molar-refractivity contribution in [1.82, 2.24) is 0 Å². The summed E-state index contributed by atoms with van der Waals surface area (Å²) in [5.41, 5.74) is 2.56. The minimum atomic E-state index is -0.554. The normalized spacial score (nSPS) is 19.7. The van der Waals surface area contributed by atoms with E-state index in [-0.39, 0.29) is 0 Å². The zero-order valence-corrected chi connectivity index (χ0v) is 12.8. The molecule has 0 bridgehead atoms. The number of rotatable bonds is 5. The van der Waals surface area contributed by atoms with E-state index in [0.717, 1.165) is 37.2 Å². The van der Waals surface area contributed by atoms with E-state index in [1.807, 2.05) is 19.1 Å². The van der Waals surface area contributed by atoms with Gasteiger partial charge >= 0.3 is 0 Å². The highest BCUT2D eigenvalue weighted by atomic mass is 16.7. The zero-order chi connectivity index (χ0) is 14.7. The molecule has 21 heavy (non-hydrogen) atoms. The van der Waals surface area contributed by atoms with Crippen LogP contribution in [0.2, 0.25) is 0 Å². The molecule has 0 N–H and O–H groups in total. The van der Waals surface area contributed by atoms with Crippen LogP contribution in [0, 0.1) is 0 Å². The predicted octanol–water partition coefficient (Wildman–Crippen LogP) is 4.76. The molecule has 2 aromatic rings. The number of benzene rings is 2. The molecule has 0 spiro atoms. The van der Waals surface area contributed by atoms with Gasteiger partial charge in [-0.15, -0.1) is 0 Å². The fourth-order valence-corrected chi connectivity index (χ4v) is 2.81. The quantitative estimate of drug-likeness (QED) is 0.787. The Bertz CT molecular complexity index is 606. The Hall–Kier alpha value is -1.96. The van der Waals surface area contributed by atoms with Gasteiger partial charge in [-0.2, -0.15) is 0 Å². The molecule has 1 aliphatic rings. The molecule has 1 aliphatic heterocycles. The highest BCUT2D eigenvalue weighted by Crippen LogP contribution is 2.43. The lowest BCUT2D eigenvalue weighted by Crippen LogP contribution is -2.35. The Kier molecular flexibility index (Phi) is 3.87. The van der Waals surface area contributed by atoms with E-state index in [1.54, 1.807) is 0 Å². The van der Waals surface area contributed by atoms with E-state index in [4.69, 9.17) is 9.47 Å². The van der Waals surface area contributed by atoms with Crippen molar-refractivity contribution in [3.63, 3.8) is 0 Å². The summed E-state index contributed by atoms with van der Waals surface area (Å²) in [5, 5.41) is 0. The van der Waals surface area contributed by atoms with Gasteiger partial charge in [0.25, 0.3) is 0 Å². The Morgan fingerprint density at radius 3 is 2.48 bits per heavy atom. The molecule has 0 aromatic heterocycles. The summed E-state index contributed by atoms with van der Waals surface area (Å²) in [7, 11) is 0. The maximum Gasteiger partial charge on any atom is 0.249 e. The van der Waals surface area contributed by atoms with Crippen LogP contribution in [0.25, 0.3) is 0 Å². The minimum absolute atomic E-state index is 0.554. The van der Waals surface area contributed by atoms with Gasteiger partial charge < -0.3 is 9.47 Å². The molecule has 110 valence electrons. The lowest BCUT2D eigenvalue weighted by Gasteiger charge is -2.23. The second-order valence-corrected chi connectivity index (χ2v) is 5.82. The standard InChI is InChI=1S/C19H22O2/c1-3-8-16-11-7-12-17-18(16)21-19(2,20-17)14-13-15-9-5-4-6-10-15/h4-7,9-12H,3,8,13-14H2,1-2H3. The molecule has 1 heterocycles. The van der Waals surface area contributed by atoms with Gasteiger partial charge in [0.1, 0.15) is 0 Å². The lowest BCUT2D eigenvalue weighted by atomic mass is 10.1. The first-order valence-corrected chi connectivity index (χ1v) is 7.74. The lowest BCUT2D eigenvalue weighted by molar-refractivity contribution is -0.0679. The van der Waals surface area contributed by atoms with E-state index >= 15 is 0 Å². The number of fused-ring (bicyclic) bond motifs is 1. The Morgan fingerprint density at radius 2 is 1.71 bits per heavy atom. The van der Waals surface area contributed by atoms with Crippen molar-refractivity contribution in [2.24, 2.45) is 0 Å². The molecule has 2 aromatic carbocycles. The fraction of sp³-hybridized carbons (Fsp3) is 0.368. The monoisotopic (exact) mass is 282 g/mol. The molecular formula is C19H22O2. The zero-order valence-electron chi connectivity index (χ0n) is 12.8. The molecule has 0 amide bonds. The molecule has 0 saturated heterocycles. The number of para-hydroxylation sites is 1. The van der Waals surface area contributed by atoms with Crippen LogP contribution in [0.1, 0.15) is 37.8 Å². The highest BCUT2D eigenvalue weighted by Gasteiger charge is 2.37. The Morgan fingerprint density at radius 1 is 0.905 bits per heavy atom. The summed E-state index contributed by atoms with van der Waals surface area (Å²) in [5.74, 6) is 1.27. The summed E-state index contributed by atoms with van der Waals surface area (Å²) in [6.07, 6.45) is 3.94. The van der Waals surface area contributed by atoms with Crippen LogP contribution < -0.4 is 9.47 Å². The second-order valence-electron chi connectivity index (χ2n) is 5.82. The third-order valence-corrected chi connectivity index (χ3v) is 3.93. The van der Waals surface area contributed by atoms with E-state index < -0.39 is 5.79 Å². The second kappa shape index (κ2) is 5.80. The van der Waals surface area contributed by atoms with Gasteiger partial charge in [0.2, 0.25) is 5.79 Å². The van der Waals surface area contributed by atoms with Crippen molar-refractivity contribution in [2.75, 3.05) is 0 Å². The Labute approximate surface area is 126 Å². The summed E-state index contributed by atoms with van der Waals surface area (Å²) in [6.45, 7) is 4.22. The molecule has 3 rings (SSSR count). The molecule has 0 fully saturated rings. The van der Waals surface area contributed by atoms with E-state index in [9.17, 15) is 0 Å². The third-order valence-electron chi connectivity index (χ3n) is 3.93. The first kappa shape index (κ1) is 14.0. The van der Waals surface area contributed by atoms with Crippen LogP contribution in [0.4, 0.5) is 0 Å². The largest absolute Gasteiger partial charge is 0.449 e. The fourth-order valence-electron chi connectivity index (χ4n) is 2.81. The van der Waals surface area contributed by atoms with Gasteiger partial charge in [0, 0.05) is 13.3 Å². The molecule has 2 nitrogen and oxygen atoms in total. The van der Waals surface area contributed by atoms with E-state index in [1.165, 1.54) is 11.1 Å². The van der Waals surface area contributed by atoms with E-state index in [0.29, 0.717) is 0 Å². The number of hydrogen-bond acceptors (Lipinski definition) is 2. The van der Waals surface area contributed by atoms with Crippen molar-refractivity contribution in [2.45, 2.75) is 45.3 Å². The summed E-state index contributed by atoms with van der Waals surface area (Å²) in [4.78, 5) is 0. The molecule has 1 unspecified atom stereocenters. The molecule has 0 aliphatic carbocycles. The number of hydrogen-bond donors (Lipinski definition) is 0. The number of aryl methyl sites for hydroxylation is 2. The number of ether oxygens (including phenoxy) is 2. The van der Waals surface area contributed by atoms with Gasteiger partial charge in [-0.05, 0) is 30.0 Å². The molecule has 0 radical (unpaired) electrons. The van der Waals surface area contributed by atoms with Crippen LogP contribution in [0.5, 0.6) is 11.5 Å². The van der Waals surface area contributed by atoms with Crippen LogP contribution in [-0.2, 0) is 12.8 Å². The van der Waals surface area contributed by atoms with Crippen molar-refractivity contribution >= 4 is 0 Å². The van der Waals surface area contributed by atoms with Crippen molar-refractivity contribution in [1.29, 1.82) is 0 Å². The Balaban J connectivity index is 1.72.